The smallest absolute Gasteiger partial charge is 0.231 e. The molecule has 24 heavy (non-hydrogen) atoms. The molecule has 0 aliphatic carbocycles. The summed E-state index contributed by atoms with van der Waals surface area (Å²) in [5, 5.41) is 6.14. The van der Waals surface area contributed by atoms with Crippen molar-refractivity contribution in [3.05, 3.63) is 53.1 Å². The van der Waals surface area contributed by atoms with Crippen LogP contribution in [-0.2, 0) is 9.59 Å². The Morgan fingerprint density at radius 1 is 1.33 bits per heavy atom. The number of halogens is 1. The molecular formula is C18H17ClN2O3. The Morgan fingerprint density at radius 2 is 2.12 bits per heavy atom. The van der Waals surface area contributed by atoms with E-state index in [-0.39, 0.29) is 24.8 Å². The fraction of sp³-hybridized carbons (Fsp3) is 0.222. The molecule has 0 saturated heterocycles. The first-order chi connectivity index (χ1) is 11.5. The summed E-state index contributed by atoms with van der Waals surface area (Å²) in [5.41, 5.74) is 2.17. The highest BCUT2D eigenvalue weighted by Crippen LogP contribution is 2.28. The minimum absolute atomic E-state index is 0.0335. The van der Waals surface area contributed by atoms with Gasteiger partial charge in [0.25, 0.3) is 0 Å². The van der Waals surface area contributed by atoms with Crippen LogP contribution >= 0.6 is 11.6 Å². The van der Waals surface area contributed by atoms with Crippen LogP contribution in [0.4, 0.5) is 11.4 Å². The Kier molecular flexibility index (Phi) is 4.71. The maximum Gasteiger partial charge on any atom is 0.231 e. The van der Waals surface area contributed by atoms with E-state index in [0.717, 1.165) is 5.56 Å². The minimum atomic E-state index is -0.558. The van der Waals surface area contributed by atoms with E-state index in [9.17, 15) is 9.59 Å². The van der Waals surface area contributed by atoms with Gasteiger partial charge in [-0.1, -0.05) is 29.8 Å². The predicted molar refractivity (Wildman–Crippen MR) is 93.5 cm³/mol. The number of para-hydroxylation sites is 2. The minimum Gasteiger partial charge on any atom is -0.491 e. The van der Waals surface area contributed by atoms with Crippen molar-refractivity contribution < 1.29 is 14.3 Å². The number of hydrogen-bond donors (Lipinski definition) is 2. The van der Waals surface area contributed by atoms with E-state index < -0.39 is 5.92 Å². The van der Waals surface area contributed by atoms with Crippen LogP contribution < -0.4 is 15.4 Å². The van der Waals surface area contributed by atoms with Crippen LogP contribution in [0.15, 0.2) is 42.5 Å². The van der Waals surface area contributed by atoms with Crippen LogP contribution in [-0.4, -0.2) is 18.4 Å². The van der Waals surface area contributed by atoms with Gasteiger partial charge < -0.3 is 15.4 Å². The fourth-order valence-electron chi connectivity index (χ4n) is 2.50. The number of ether oxygens (including phenoxy) is 1. The van der Waals surface area contributed by atoms with Crippen molar-refractivity contribution in [1.29, 1.82) is 0 Å². The van der Waals surface area contributed by atoms with Gasteiger partial charge in [0.05, 0.1) is 11.6 Å². The van der Waals surface area contributed by atoms with Crippen molar-refractivity contribution in [2.24, 2.45) is 5.92 Å². The average molecular weight is 345 g/mol. The van der Waals surface area contributed by atoms with Crippen LogP contribution in [0.5, 0.6) is 5.75 Å². The van der Waals surface area contributed by atoms with E-state index in [1.165, 1.54) is 0 Å². The number of fused-ring (bicyclic) bond motifs is 1. The number of benzene rings is 2. The van der Waals surface area contributed by atoms with Crippen molar-refractivity contribution in [1.82, 2.24) is 0 Å². The van der Waals surface area contributed by atoms with Gasteiger partial charge in [-0.05, 0) is 36.8 Å². The predicted octanol–water partition coefficient (Wildman–Crippen LogP) is 3.62. The number of anilines is 2. The van der Waals surface area contributed by atoms with E-state index in [1.807, 2.05) is 25.1 Å². The Balaban J connectivity index is 1.66. The number of carbonyl (C=O) groups excluding carboxylic acids is 2. The van der Waals surface area contributed by atoms with Gasteiger partial charge in [-0.3, -0.25) is 9.59 Å². The third-order valence-electron chi connectivity index (χ3n) is 3.86. The molecule has 0 spiro atoms. The number of rotatable bonds is 3. The molecule has 3 rings (SSSR count). The lowest BCUT2D eigenvalue weighted by Gasteiger charge is -2.14. The van der Waals surface area contributed by atoms with Crippen molar-refractivity contribution in [2.45, 2.75) is 13.3 Å². The summed E-state index contributed by atoms with van der Waals surface area (Å²) in [6, 6.07) is 12.5. The van der Waals surface area contributed by atoms with Gasteiger partial charge in [-0.15, -0.1) is 0 Å². The van der Waals surface area contributed by atoms with E-state index in [0.29, 0.717) is 22.1 Å². The molecule has 2 aromatic carbocycles. The molecule has 0 fully saturated rings. The first-order valence-electron chi connectivity index (χ1n) is 7.61. The first kappa shape index (κ1) is 16.3. The molecule has 0 unspecified atom stereocenters. The third kappa shape index (κ3) is 3.68. The molecule has 1 aliphatic rings. The molecule has 1 heterocycles. The Labute approximate surface area is 145 Å². The average Bonchev–Trinajstić information content (AvgIpc) is 2.70. The SMILES string of the molecule is Cc1ccc(Cl)cc1NC(=O)C[C@@H]1COc2ccccc2NC1=O. The second-order valence-corrected chi connectivity index (χ2v) is 6.14. The molecule has 0 aromatic heterocycles. The van der Waals surface area contributed by atoms with E-state index in [1.54, 1.807) is 24.3 Å². The van der Waals surface area contributed by atoms with E-state index >= 15 is 0 Å². The summed E-state index contributed by atoms with van der Waals surface area (Å²) in [4.78, 5) is 24.6. The van der Waals surface area contributed by atoms with E-state index in [2.05, 4.69) is 10.6 Å². The molecule has 124 valence electrons. The van der Waals surface area contributed by atoms with Crippen molar-refractivity contribution in [3.8, 4) is 5.75 Å². The molecule has 1 aliphatic heterocycles. The number of carbonyl (C=O) groups is 2. The fourth-order valence-corrected chi connectivity index (χ4v) is 2.67. The van der Waals surface area contributed by atoms with Gasteiger partial charge in [0.2, 0.25) is 11.8 Å². The van der Waals surface area contributed by atoms with Gasteiger partial charge in [-0.2, -0.15) is 0 Å². The molecule has 0 radical (unpaired) electrons. The normalized spacial score (nSPS) is 16.4. The number of aryl methyl sites for hydroxylation is 1. The standard InChI is InChI=1S/C18H17ClN2O3/c1-11-6-7-13(19)9-15(11)20-17(22)8-12-10-24-16-5-3-2-4-14(16)21-18(12)23/h2-7,9,12H,8,10H2,1H3,(H,20,22)(H,21,23)/t12-/m1/s1. The lowest BCUT2D eigenvalue weighted by Crippen LogP contribution is -2.29. The summed E-state index contributed by atoms with van der Waals surface area (Å²) in [6.07, 6.45) is 0.0335. The first-order valence-corrected chi connectivity index (χ1v) is 7.99. The highest BCUT2D eigenvalue weighted by molar-refractivity contribution is 6.31. The molecule has 2 N–H and O–H groups in total. The number of hydrogen-bond acceptors (Lipinski definition) is 3. The van der Waals surface area contributed by atoms with Crippen LogP contribution in [0.25, 0.3) is 0 Å². The molecule has 5 nitrogen and oxygen atoms in total. The molecule has 6 heteroatoms. The summed E-state index contributed by atoms with van der Waals surface area (Å²) in [5.74, 6) is -0.427. The Bertz CT molecular complexity index is 792. The molecule has 0 bridgehead atoms. The van der Waals surface area contributed by atoms with Crippen LogP contribution in [0.3, 0.4) is 0 Å². The highest BCUT2D eigenvalue weighted by Gasteiger charge is 2.27. The zero-order chi connectivity index (χ0) is 17.1. The second-order valence-electron chi connectivity index (χ2n) is 5.70. The Morgan fingerprint density at radius 3 is 2.96 bits per heavy atom. The maximum atomic E-state index is 12.3. The van der Waals surface area contributed by atoms with Crippen LogP contribution in [0.1, 0.15) is 12.0 Å². The molecule has 2 aromatic rings. The monoisotopic (exact) mass is 344 g/mol. The van der Waals surface area contributed by atoms with Crippen molar-refractivity contribution in [2.75, 3.05) is 17.2 Å². The zero-order valence-electron chi connectivity index (χ0n) is 13.1. The largest absolute Gasteiger partial charge is 0.491 e. The van der Waals surface area contributed by atoms with Gasteiger partial charge >= 0.3 is 0 Å². The maximum absolute atomic E-state index is 12.3. The molecule has 1 atom stereocenters. The molecule has 0 saturated carbocycles. The van der Waals surface area contributed by atoms with Gasteiger partial charge in [0.15, 0.2) is 0 Å². The summed E-state index contributed by atoms with van der Waals surface area (Å²) >= 11 is 5.95. The van der Waals surface area contributed by atoms with Crippen molar-refractivity contribution in [3.63, 3.8) is 0 Å². The molecule has 2 amide bonds. The lowest BCUT2D eigenvalue weighted by atomic mass is 10.0. The van der Waals surface area contributed by atoms with Crippen LogP contribution in [0.2, 0.25) is 5.02 Å². The van der Waals surface area contributed by atoms with Gasteiger partial charge in [0.1, 0.15) is 12.4 Å². The molecular weight excluding hydrogens is 328 g/mol. The van der Waals surface area contributed by atoms with Gasteiger partial charge in [0, 0.05) is 17.1 Å². The highest BCUT2D eigenvalue weighted by atomic mass is 35.5. The number of amides is 2. The number of nitrogens with one attached hydrogen (secondary N) is 2. The van der Waals surface area contributed by atoms with Crippen LogP contribution in [0, 0.1) is 12.8 Å². The summed E-state index contributed by atoms with van der Waals surface area (Å²) in [7, 11) is 0. The summed E-state index contributed by atoms with van der Waals surface area (Å²) < 4.78 is 5.64. The van der Waals surface area contributed by atoms with E-state index in [4.69, 9.17) is 16.3 Å². The Hall–Kier alpha value is -2.53. The lowest BCUT2D eigenvalue weighted by molar-refractivity contribution is -0.125. The van der Waals surface area contributed by atoms with Crippen molar-refractivity contribution >= 4 is 34.8 Å². The summed E-state index contributed by atoms with van der Waals surface area (Å²) in [6.45, 7) is 2.04. The topological polar surface area (TPSA) is 67.4 Å². The second kappa shape index (κ2) is 6.93. The zero-order valence-corrected chi connectivity index (χ0v) is 13.9. The van der Waals surface area contributed by atoms with Gasteiger partial charge in [-0.25, -0.2) is 0 Å². The quantitative estimate of drug-likeness (QED) is 0.893. The third-order valence-corrected chi connectivity index (χ3v) is 4.10.